The Morgan fingerprint density at radius 2 is 0.854 bits per heavy atom. The predicted octanol–water partition coefficient (Wildman–Crippen LogP) is 10.1. The smallest absolute Gasteiger partial charge is 0.421 e. The van der Waals surface area contributed by atoms with Crippen molar-refractivity contribution in [2.75, 3.05) is 61.3 Å². The molecule has 0 spiro atoms. The first-order valence-electron chi connectivity index (χ1n) is 36.3. The summed E-state index contributed by atoms with van der Waals surface area (Å²) in [4.78, 5) is 113. The molecule has 9 rings (SSSR count). The second-order valence-electron chi connectivity index (χ2n) is 30.8. The summed E-state index contributed by atoms with van der Waals surface area (Å²) in [6, 6.07) is 0. The summed E-state index contributed by atoms with van der Waals surface area (Å²) in [6.45, 7) is 41.0. The van der Waals surface area contributed by atoms with Gasteiger partial charge in [-0.15, -0.1) is 0 Å². The maximum Gasteiger partial charge on any atom is 0.421 e. The van der Waals surface area contributed by atoms with Crippen molar-refractivity contribution in [3.63, 3.8) is 0 Å². The second kappa shape index (κ2) is 42.0. The fourth-order valence-corrected chi connectivity index (χ4v) is 10.5. The summed E-state index contributed by atoms with van der Waals surface area (Å²) in [6.07, 6.45) is 3.30. The van der Waals surface area contributed by atoms with Crippen molar-refractivity contribution >= 4 is 93.5 Å². The first-order chi connectivity index (χ1) is 56.4. The topological polar surface area (TPSA) is 617 Å². The lowest BCUT2D eigenvalue weighted by Crippen LogP contribution is -2.38. The minimum atomic E-state index is -4.56. The van der Waals surface area contributed by atoms with Gasteiger partial charge >= 0.3 is 47.0 Å². The number of rotatable bonds is 28. The molecule has 0 fully saturated rings. The molecule has 46 nitrogen and oxygen atoms in total. The van der Waals surface area contributed by atoms with Gasteiger partial charge in [0.15, 0.2) is 0 Å². The maximum atomic E-state index is 12.9. The third kappa shape index (κ3) is 29.8. The number of anilines is 7. The lowest BCUT2D eigenvalue weighted by Gasteiger charge is -2.24. The van der Waals surface area contributed by atoms with Gasteiger partial charge in [0.1, 0.15) is 75.9 Å². The molecular formula is C71H101F6N31O15. The number of carbonyl (C=O) groups is 5. The van der Waals surface area contributed by atoms with Crippen LogP contribution in [-0.4, -0.2) is 178 Å². The molecule has 0 bridgehead atoms. The number of esters is 1. The zero-order valence-electron chi connectivity index (χ0n) is 71.5. The van der Waals surface area contributed by atoms with Crippen LogP contribution in [0.15, 0.2) is 55.8 Å². The Labute approximate surface area is 699 Å². The molecule has 0 aliphatic rings. The number of aromatic amines is 1. The Balaban J connectivity index is 0.000000378. The third-order valence-corrected chi connectivity index (χ3v) is 17.5. The lowest BCUT2D eigenvalue weighted by molar-refractivity contribution is -0.385. The minimum Gasteiger partial charge on any atom is -0.481 e. The molecule has 0 aliphatic carbocycles. The molecule has 13 N–H and O–H groups in total. The lowest BCUT2D eigenvalue weighted by atomic mass is 10.0. The number of nitrogen functional groups attached to an aromatic ring is 1. The molecule has 0 saturated carbocycles. The van der Waals surface area contributed by atoms with E-state index in [0.717, 1.165) is 11.9 Å². The molecule has 0 aromatic carbocycles. The number of nitrogens with zero attached hydrogens (tertiary/aromatic N) is 22. The van der Waals surface area contributed by atoms with Crippen molar-refractivity contribution in [1.82, 2.24) is 94.1 Å². The number of alkyl halides is 6. The molecule has 9 aromatic heterocycles. The molecule has 672 valence electrons. The monoisotopic (exact) mass is 1740 g/mol. The SMILES string of the molecule is CNc1nc(Nc2cn(C(C)(C)CC(N)=O)nc2C)ncc1C(F)(F)F.COC(=O)CC(C)(C)n1cc([N+](=O)[O-])c(C)n1.Cc1[nH]ncc1[N+](=O)[O-].Cc1nn(C(C)(C)CC(=O)O)cc1[N+](=O)[O-].Cc1nn(C(C)(C)CC(N)=O)cc1[N+](=O)[O-].Cc1nn(C(C)(C)CNC=O)cc1N.[C-]#[N+]CC(C)(C)n1cc(Nc2ncc(C(F)(F)F)c(NC)n2)c(C)n1. The van der Waals surface area contributed by atoms with Crippen molar-refractivity contribution in [3.8, 4) is 0 Å². The van der Waals surface area contributed by atoms with E-state index in [-0.39, 0.29) is 95.7 Å². The van der Waals surface area contributed by atoms with Crippen molar-refractivity contribution in [2.24, 2.45) is 11.5 Å². The Morgan fingerprint density at radius 1 is 0.520 bits per heavy atom. The first-order valence-corrected chi connectivity index (χ1v) is 36.3. The van der Waals surface area contributed by atoms with Crippen LogP contribution < -0.4 is 43.8 Å². The molecule has 9 heterocycles. The van der Waals surface area contributed by atoms with Gasteiger partial charge in [-0.05, 0) is 132 Å². The number of H-pyrrole nitrogens is 1. The number of ether oxygens (including phenoxy) is 1. The summed E-state index contributed by atoms with van der Waals surface area (Å²) >= 11 is 0. The molecule has 0 saturated heterocycles. The van der Waals surface area contributed by atoms with E-state index in [1.165, 1.54) is 67.0 Å². The normalized spacial score (nSPS) is 11.5. The standard InChI is InChI=1S/C15H20F3N7O.C15H18F3N7.C10H15N3O4.C9H14N4O3.C9H16N4O.C9H13N3O4.C4H5N3O2/c1-8-10(7-25(24-8)14(2,3)5-11(19)26)22-13-21-6-9(15(16,17)18)12(20-4)23-13;1-9-11(7-25(24-9)14(2,3)8-19-4)22-13-21-6-10(15(16,17)18)12(20-5)23-13;1-7-8(13(15)16)6-12(11-7)10(2,3)5-9(14)17-4;1-6-7(13(15)16)5-12(11-6)9(2,3)4-8(10)14;1-7-8(10)4-13(12-7)9(2,3)5-11-6-14;1-6-7(12(15)16)5-11(10-6)9(2,3)4-8(13)14;1-3-4(7(8)9)2-5-6-3/h6-7H,5H2,1-4H3,(H2,19,26)(H2,20,21,22,23);6-7H,8H2,1-3,5H3,(H2,20,21,22,23);6H,5H2,1-4H3;5H,4H2,1-3H3,(H2,10,14);4,6H,5,10H2,1-3H3,(H,11,14);5H,4H2,1-3H3,(H,13,14);2H,1H3,(H,5,6). The van der Waals surface area contributed by atoms with E-state index in [1.807, 2.05) is 34.6 Å². The zero-order chi connectivity index (χ0) is 94.4. The largest absolute Gasteiger partial charge is 0.481 e. The number of halogens is 6. The zero-order valence-corrected chi connectivity index (χ0v) is 71.5. The molecule has 9 aromatic rings. The molecule has 52 heteroatoms. The van der Waals surface area contributed by atoms with Crippen molar-refractivity contribution in [3.05, 3.63) is 159 Å². The number of aromatic nitrogens is 18. The summed E-state index contributed by atoms with van der Waals surface area (Å²) in [7, 11) is 4.00. The number of amides is 3. The fraction of sp³-hybridized carbons (Fsp3) is 0.507. The summed E-state index contributed by atoms with van der Waals surface area (Å²) < 4.78 is 91.1. The minimum absolute atomic E-state index is 0.0160. The number of primary amides is 2. The Kier molecular flexibility index (Phi) is 35.2. The van der Waals surface area contributed by atoms with Crippen LogP contribution in [0.5, 0.6) is 0 Å². The number of hydrogen-bond donors (Lipinski definition) is 10. The van der Waals surface area contributed by atoms with Crippen molar-refractivity contribution in [1.29, 1.82) is 0 Å². The molecule has 3 amide bonds. The number of aliphatic carboxylic acids is 1. The number of nitro groups is 4. The third-order valence-electron chi connectivity index (χ3n) is 17.5. The average Bonchev–Trinajstić information content (AvgIpc) is 1.44. The Morgan fingerprint density at radius 3 is 1.13 bits per heavy atom. The summed E-state index contributed by atoms with van der Waals surface area (Å²) in [5.74, 6) is -2.95. The highest BCUT2D eigenvalue weighted by atomic mass is 19.4. The summed E-state index contributed by atoms with van der Waals surface area (Å²) in [5, 5.41) is 94.8. The van der Waals surface area contributed by atoms with Crippen LogP contribution in [0.2, 0.25) is 0 Å². The second-order valence-corrected chi connectivity index (χ2v) is 30.8. The quantitative estimate of drug-likeness (QED) is 0.00544. The Bertz CT molecular complexity index is 5150. The van der Waals surface area contributed by atoms with E-state index in [0.29, 0.717) is 64.7 Å². The number of methoxy groups -OCH3 is 1. The first kappa shape index (κ1) is 103. The van der Waals surface area contributed by atoms with Gasteiger partial charge < -0.3 is 58.5 Å². The molecular weight excluding hydrogens is 1640 g/mol. The van der Waals surface area contributed by atoms with Gasteiger partial charge in [0.25, 0.3) is 0 Å². The molecule has 123 heavy (non-hydrogen) atoms. The van der Waals surface area contributed by atoms with Gasteiger partial charge in [-0.3, -0.25) is 97.6 Å². The van der Waals surface area contributed by atoms with Crippen molar-refractivity contribution < 1.29 is 79.9 Å². The van der Waals surface area contributed by atoms with E-state index in [2.05, 4.69) is 96.9 Å². The van der Waals surface area contributed by atoms with Crippen LogP contribution in [0.4, 0.5) is 89.7 Å². The van der Waals surface area contributed by atoms with Gasteiger partial charge in [-0.2, -0.15) is 72.0 Å². The van der Waals surface area contributed by atoms with E-state index >= 15 is 0 Å². The highest BCUT2D eigenvalue weighted by Crippen LogP contribution is 2.37. The van der Waals surface area contributed by atoms with E-state index in [1.54, 1.807) is 123 Å². The number of hydrogen-bond acceptors (Lipinski definition) is 30. The van der Waals surface area contributed by atoms with E-state index in [4.69, 9.17) is 28.9 Å². The fourth-order valence-electron chi connectivity index (χ4n) is 10.5. The predicted molar refractivity (Wildman–Crippen MR) is 434 cm³/mol. The summed E-state index contributed by atoms with van der Waals surface area (Å²) in [5.41, 5.74) is 15.6. The molecule has 0 atom stereocenters. The number of nitrogens with one attached hydrogen (secondary N) is 6. The van der Waals surface area contributed by atoms with Crippen LogP contribution in [-0.2, 0) is 74.3 Å². The van der Waals surface area contributed by atoms with Gasteiger partial charge in [-0.25, -0.2) is 16.5 Å². The molecule has 0 unspecified atom stereocenters. The highest BCUT2D eigenvalue weighted by Gasteiger charge is 2.38. The van der Waals surface area contributed by atoms with Gasteiger partial charge in [0, 0.05) is 51.6 Å². The van der Waals surface area contributed by atoms with Crippen LogP contribution in [0.25, 0.3) is 4.85 Å². The van der Waals surface area contributed by atoms with E-state index < -0.39 is 88.7 Å². The molecule has 0 aliphatic heterocycles. The van der Waals surface area contributed by atoms with Crippen LogP contribution >= 0.6 is 0 Å². The average molecular weight is 1740 g/mol. The van der Waals surface area contributed by atoms with Crippen LogP contribution in [0.3, 0.4) is 0 Å². The van der Waals surface area contributed by atoms with Crippen LogP contribution in [0.1, 0.15) is 160 Å². The number of carbonyl (C=O) groups excluding carboxylic acids is 4. The maximum absolute atomic E-state index is 12.9. The highest BCUT2D eigenvalue weighted by molar-refractivity contribution is 5.75. The molecule has 0 radical (unpaired) electrons. The van der Waals surface area contributed by atoms with E-state index in [9.17, 15) is 90.8 Å². The number of aryl methyl sites for hydroxylation is 7. The van der Waals surface area contributed by atoms with Crippen molar-refractivity contribution in [2.45, 2.75) is 203 Å². The van der Waals surface area contributed by atoms with Gasteiger partial charge in [0.2, 0.25) is 36.7 Å². The van der Waals surface area contributed by atoms with Gasteiger partial charge in [-0.1, -0.05) is 0 Å². The van der Waals surface area contributed by atoms with Crippen LogP contribution in [0, 0.1) is 95.5 Å². The number of carboxylic acid groups (broad SMARTS) is 1. The van der Waals surface area contributed by atoms with Gasteiger partial charge in [0.05, 0.1) is 114 Å². The number of carboxylic acids is 1. The Hall–Kier alpha value is -14.4. The number of nitrogens with two attached hydrogens (primary N) is 3.